The van der Waals surface area contributed by atoms with Crippen molar-refractivity contribution in [2.24, 2.45) is 11.5 Å². The lowest BCUT2D eigenvalue weighted by Crippen LogP contribution is -2.21. The molecule has 1 rings (SSSR count). The zero-order valence-electron chi connectivity index (χ0n) is 9.09. The second-order valence-electron chi connectivity index (χ2n) is 3.16. The summed E-state index contributed by atoms with van der Waals surface area (Å²) in [7, 11) is 3.00. The first-order valence-electron chi connectivity index (χ1n) is 4.62. The number of hydrogen-bond donors (Lipinski definition) is 2. The predicted molar refractivity (Wildman–Crippen MR) is 65.5 cm³/mol. The van der Waals surface area contributed by atoms with Crippen LogP contribution in [0.15, 0.2) is 6.07 Å². The Kier molecular flexibility index (Phi) is 4.68. The molecule has 0 aliphatic rings. The van der Waals surface area contributed by atoms with Crippen molar-refractivity contribution in [2.45, 2.75) is 6.04 Å². The summed E-state index contributed by atoms with van der Waals surface area (Å²) in [6.07, 6.45) is 0. The summed E-state index contributed by atoms with van der Waals surface area (Å²) in [6, 6.07) is 1.18. The highest BCUT2D eigenvalue weighted by molar-refractivity contribution is 6.37. The summed E-state index contributed by atoms with van der Waals surface area (Å²) in [5.74, 6) is 0.873. The van der Waals surface area contributed by atoms with Crippen LogP contribution in [0.4, 0.5) is 0 Å². The molecule has 0 aliphatic carbocycles. The Morgan fingerprint density at radius 1 is 1.31 bits per heavy atom. The highest BCUT2D eigenvalue weighted by Crippen LogP contribution is 2.43. The third kappa shape index (κ3) is 2.35. The summed E-state index contributed by atoms with van der Waals surface area (Å²) in [6.45, 7) is 0.245. The Hall–Kier alpha value is -0.680. The van der Waals surface area contributed by atoms with E-state index in [4.69, 9.17) is 44.1 Å². The summed E-state index contributed by atoms with van der Waals surface area (Å²) < 4.78 is 10.2. The number of nitrogens with two attached hydrogens (primary N) is 2. The molecule has 4 nitrogen and oxygen atoms in total. The van der Waals surface area contributed by atoms with Gasteiger partial charge in [0, 0.05) is 24.2 Å². The number of ether oxygens (including phenoxy) is 2. The standard InChI is InChI=1S/C10H14Cl2N2O2/c1-15-7-3-5(11)8(6(14)4-13)9(12)10(7)16-2/h3,6H,4,13-14H2,1-2H3. The topological polar surface area (TPSA) is 70.5 Å². The normalized spacial score (nSPS) is 12.4. The van der Waals surface area contributed by atoms with E-state index in [9.17, 15) is 0 Å². The van der Waals surface area contributed by atoms with Gasteiger partial charge in [0.1, 0.15) is 0 Å². The van der Waals surface area contributed by atoms with Gasteiger partial charge in [-0.05, 0) is 0 Å². The molecule has 1 unspecified atom stereocenters. The van der Waals surface area contributed by atoms with E-state index in [2.05, 4.69) is 0 Å². The average molecular weight is 265 g/mol. The monoisotopic (exact) mass is 264 g/mol. The number of benzene rings is 1. The molecule has 0 amide bonds. The molecule has 0 saturated heterocycles. The molecule has 90 valence electrons. The Morgan fingerprint density at radius 3 is 2.38 bits per heavy atom. The summed E-state index contributed by atoms with van der Waals surface area (Å²) >= 11 is 12.2. The number of hydrogen-bond acceptors (Lipinski definition) is 4. The first-order chi connectivity index (χ1) is 7.56. The minimum Gasteiger partial charge on any atom is -0.493 e. The molecule has 6 heteroatoms. The van der Waals surface area contributed by atoms with Crippen LogP contribution in [-0.2, 0) is 0 Å². The summed E-state index contributed by atoms with van der Waals surface area (Å²) in [4.78, 5) is 0. The first kappa shape index (κ1) is 13.4. The first-order valence-corrected chi connectivity index (χ1v) is 5.37. The van der Waals surface area contributed by atoms with Crippen LogP contribution in [0.3, 0.4) is 0 Å². The largest absolute Gasteiger partial charge is 0.493 e. The van der Waals surface area contributed by atoms with Crippen LogP contribution in [0.25, 0.3) is 0 Å². The van der Waals surface area contributed by atoms with Crippen LogP contribution in [0.5, 0.6) is 11.5 Å². The van der Waals surface area contributed by atoms with Gasteiger partial charge in [0.25, 0.3) is 0 Å². The van der Waals surface area contributed by atoms with Gasteiger partial charge in [0.15, 0.2) is 11.5 Å². The molecule has 0 aromatic heterocycles. The highest BCUT2D eigenvalue weighted by atomic mass is 35.5. The minimum absolute atomic E-state index is 0.245. The van der Waals surface area contributed by atoms with Crippen molar-refractivity contribution in [2.75, 3.05) is 20.8 Å². The Labute approximate surface area is 104 Å². The third-order valence-corrected chi connectivity index (χ3v) is 2.91. The van der Waals surface area contributed by atoms with Crippen molar-refractivity contribution >= 4 is 23.2 Å². The minimum atomic E-state index is -0.431. The van der Waals surface area contributed by atoms with Crippen LogP contribution < -0.4 is 20.9 Å². The van der Waals surface area contributed by atoms with E-state index >= 15 is 0 Å². The lowest BCUT2D eigenvalue weighted by Gasteiger charge is -2.18. The fraction of sp³-hybridized carbons (Fsp3) is 0.400. The smallest absolute Gasteiger partial charge is 0.179 e. The molecule has 0 heterocycles. The van der Waals surface area contributed by atoms with Gasteiger partial charge in [-0.15, -0.1) is 0 Å². The molecule has 16 heavy (non-hydrogen) atoms. The summed E-state index contributed by atoms with van der Waals surface area (Å²) in [5, 5.41) is 0.755. The van der Waals surface area contributed by atoms with E-state index in [0.717, 1.165) is 0 Å². The maximum atomic E-state index is 6.15. The highest BCUT2D eigenvalue weighted by Gasteiger charge is 2.20. The molecule has 0 aliphatic heterocycles. The molecule has 0 saturated carbocycles. The fourth-order valence-corrected chi connectivity index (χ4v) is 2.19. The van der Waals surface area contributed by atoms with E-state index in [1.54, 1.807) is 6.07 Å². The lowest BCUT2D eigenvalue weighted by atomic mass is 10.1. The van der Waals surface area contributed by atoms with E-state index in [1.165, 1.54) is 14.2 Å². The van der Waals surface area contributed by atoms with Crippen molar-refractivity contribution in [3.05, 3.63) is 21.7 Å². The molecule has 1 aromatic carbocycles. The maximum absolute atomic E-state index is 6.15. The Bertz CT molecular complexity index is 386. The van der Waals surface area contributed by atoms with Gasteiger partial charge in [-0.25, -0.2) is 0 Å². The SMILES string of the molecule is COc1cc(Cl)c(C(N)CN)c(Cl)c1OC. The average Bonchev–Trinajstić information content (AvgIpc) is 2.27. The molecule has 0 fully saturated rings. The van der Waals surface area contributed by atoms with Gasteiger partial charge < -0.3 is 20.9 Å². The quantitative estimate of drug-likeness (QED) is 0.873. The van der Waals surface area contributed by atoms with E-state index in [-0.39, 0.29) is 6.54 Å². The molecule has 0 spiro atoms. The van der Waals surface area contributed by atoms with E-state index in [1.807, 2.05) is 0 Å². The molecule has 0 bridgehead atoms. The number of rotatable bonds is 4. The third-order valence-electron chi connectivity index (χ3n) is 2.22. The molecular formula is C10H14Cl2N2O2. The van der Waals surface area contributed by atoms with Gasteiger partial charge in [-0.2, -0.15) is 0 Å². The molecule has 1 aromatic rings. The van der Waals surface area contributed by atoms with Crippen molar-refractivity contribution in [3.8, 4) is 11.5 Å². The number of halogens is 2. The lowest BCUT2D eigenvalue weighted by molar-refractivity contribution is 0.354. The maximum Gasteiger partial charge on any atom is 0.179 e. The zero-order chi connectivity index (χ0) is 12.3. The van der Waals surface area contributed by atoms with Gasteiger partial charge in [0.2, 0.25) is 0 Å². The molecule has 1 atom stereocenters. The van der Waals surface area contributed by atoms with Crippen LogP contribution >= 0.6 is 23.2 Å². The Balaban J connectivity index is 3.40. The van der Waals surface area contributed by atoms with Crippen molar-refractivity contribution in [3.63, 3.8) is 0 Å². The molecule has 0 radical (unpaired) electrons. The van der Waals surface area contributed by atoms with Crippen LogP contribution in [0.2, 0.25) is 10.0 Å². The summed E-state index contributed by atoms with van der Waals surface area (Å²) in [5.41, 5.74) is 11.9. The van der Waals surface area contributed by atoms with E-state index < -0.39 is 6.04 Å². The van der Waals surface area contributed by atoms with Crippen LogP contribution in [0.1, 0.15) is 11.6 Å². The fourth-order valence-electron chi connectivity index (χ4n) is 1.39. The second-order valence-corrected chi connectivity index (χ2v) is 3.95. The van der Waals surface area contributed by atoms with Gasteiger partial charge >= 0.3 is 0 Å². The second kappa shape index (κ2) is 5.59. The van der Waals surface area contributed by atoms with E-state index in [0.29, 0.717) is 27.1 Å². The van der Waals surface area contributed by atoms with Crippen LogP contribution in [0, 0.1) is 0 Å². The van der Waals surface area contributed by atoms with Gasteiger partial charge in [-0.1, -0.05) is 23.2 Å². The van der Waals surface area contributed by atoms with Crippen molar-refractivity contribution < 1.29 is 9.47 Å². The van der Waals surface area contributed by atoms with Gasteiger partial charge in [0.05, 0.1) is 24.3 Å². The Morgan fingerprint density at radius 2 is 1.94 bits per heavy atom. The number of methoxy groups -OCH3 is 2. The molecule has 4 N–H and O–H groups in total. The van der Waals surface area contributed by atoms with Gasteiger partial charge in [-0.3, -0.25) is 0 Å². The zero-order valence-corrected chi connectivity index (χ0v) is 10.6. The van der Waals surface area contributed by atoms with Crippen molar-refractivity contribution in [1.29, 1.82) is 0 Å². The van der Waals surface area contributed by atoms with Crippen LogP contribution in [-0.4, -0.2) is 20.8 Å². The predicted octanol–water partition coefficient (Wildman–Crippen LogP) is 1.97. The molecular weight excluding hydrogens is 251 g/mol. The van der Waals surface area contributed by atoms with Crippen molar-refractivity contribution in [1.82, 2.24) is 0 Å².